The van der Waals surface area contributed by atoms with Gasteiger partial charge in [-0.2, -0.15) is 4.31 Å². The Morgan fingerprint density at radius 3 is 2.21 bits per heavy atom. The first-order chi connectivity index (χ1) is 8.96. The molecule has 0 unspecified atom stereocenters. The molecule has 0 atom stereocenters. The van der Waals surface area contributed by atoms with Crippen LogP contribution in [0.5, 0.6) is 0 Å². The molecule has 19 heavy (non-hydrogen) atoms. The largest absolute Gasteiger partial charge is 0.333 e. The van der Waals surface area contributed by atoms with E-state index in [4.69, 9.17) is 0 Å². The molecular formula is C12H17F2N2O2S+. The van der Waals surface area contributed by atoms with E-state index < -0.39 is 26.6 Å². The number of nitrogens with one attached hydrogen (secondary N) is 1. The Hall–Kier alpha value is -1.05. The minimum atomic E-state index is -4.09. The second-order valence-electron chi connectivity index (χ2n) is 4.56. The van der Waals surface area contributed by atoms with Crippen LogP contribution in [-0.4, -0.2) is 45.4 Å². The zero-order chi connectivity index (χ0) is 14.0. The topological polar surface area (TPSA) is 41.8 Å². The van der Waals surface area contributed by atoms with Gasteiger partial charge >= 0.3 is 0 Å². The number of nitrogens with zero attached hydrogens (tertiary/aromatic N) is 1. The third-order valence-corrected chi connectivity index (χ3v) is 5.40. The van der Waals surface area contributed by atoms with Gasteiger partial charge in [0.1, 0.15) is 11.6 Å². The van der Waals surface area contributed by atoms with Crippen molar-refractivity contribution in [2.45, 2.75) is 11.8 Å². The summed E-state index contributed by atoms with van der Waals surface area (Å²) in [6.45, 7) is 4.84. The number of likely N-dealkylation sites (N-methyl/N-ethyl adjacent to an activating group) is 1. The highest BCUT2D eigenvalue weighted by atomic mass is 32.2. The predicted molar refractivity (Wildman–Crippen MR) is 66.4 cm³/mol. The minimum absolute atomic E-state index is 0.291. The Morgan fingerprint density at radius 2 is 1.74 bits per heavy atom. The summed E-state index contributed by atoms with van der Waals surface area (Å²) in [6.07, 6.45) is 0. The molecule has 0 spiro atoms. The van der Waals surface area contributed by atoms with Crippen LogP contribution in [0.15, 0.2) is 23.1 Å². The van der Waals surface area contributed by atoms with Crippen LogP contribution in [0, 0.1) is 11.6 Å². The fourth-order valence-electron chi connectivity index (χ4n) is 2.25. The van der Waals surface area contributed by atoms with Crippen LogP contribution >= 0.6 is 0 Å². The average molecular weight is 291 g/mol. The standard InChI is InChI=1S/C12H16F2N2O2S/c1-2-15-6-8-16(9-7-15)19(17,18)12-10(13)4-3-5-11(12)14/h3-5H,2,6-9H2,1H3/p+1. The van der Waals surface area contributed by atoms with Crippen molar-refractivity contribution in [3.05, 3.63) is 29.8 Å². The number of quaternary nitrogens is 1. The molecule has 1 fully saturated rings. The number of benzene rings is 1. The molecule has 1 aromatic rings. The third kappa shape index (κ3) is 2.77. The smallest absolute Gasteiger partial charge is 0.249 e. The summed E-state index contributed by atoms with van der Waals surface area (Å²) in [6, 6.07) is 3.08. The molecular weight excluding hydrogens is 274 g/mol. The summed E-state index contributed by atoms with van der Waals surface area (Å²) in [5.74, 6) is -2.07. The van der Waals surface area contributed by atoms with Crippen molar-refractivity contribution in [3.63, 3.8) is 0 Å². The van der Waals surface area contributed by atoms with Gasteiger partial charge in [0.05, 0.1) is 32.7 Å². The van der Waals surface area contributed by atoms with Gasteiger partial charge in [0.25, 0.3) is 0 Å². The fourth-order valence-corrected chi connectivity index (χ4v) is 3.80. The van der Waals surface area contributed by atoms with Crippen LogP contribution in [0.2, 0.25) is 0 Å². The van der Waals surface area contributed by atoms with Gasteiger partial charge in [0.15, 0.2) is 4.90 Å². The van der Waals surface area contributed by atoms with E-state index in [0.717, 1.165) is 29.0 Å². The maximum absolute atomic E-state index is 13.6. The molecule has 0 amide bonds. The lowest BCUT2D eigenvalue weighted by Crippen LogP contribution is -3.14. The minimum Gasteiger partial charge on any atom is -0.333 e. The SMILES string of the molecule is CC[NH+]1CCN(S(=O)(=O)c2c(F)cccc2F)CC1. The van der Waals surface area contributed by atoms with Gasteiger partial charge in [0.2, 0.25) is 10.0 Å². The predicted octanol–water partition coefficient (Wildman–Crippen LogP) is -0.126. The monoisotopic (exact) mass is 291 g/mol. The summed E-state index contributed by atoms with van der Waals surface area (Å²) in [5, 5.41) is 0. The molecule has 1 aliphatic rings. The Balaban J connectivity index is 2.29. The maximum atomic E-state index is 13.6. The van der Waals surface area contributed by atoms with Crippen LogP contribution < -0.4 is 4.90 Å². The van der Waals surface area contributed by atoms with Crippen molar-refractivity contribution in [2.24, 2.45) is 0 Å². The average Bonchev–Trinajstić information content (AvgIpc) is 2.38. The van der Waals surface area contributed by atoms with Gasteiger partial charge in [-0.3, -0.25) is 0 Å². The van der Waals surface area contributed by atoms with E-state index >= 15 is 0 Å². The van der Waals surface area contributed by atoms with Crippen LogP contribution in [0.3, 0.4) is 0 Å². The summed E-state index contributed by atoms with van der Waals surface area (Å²) >= 11 is 0. The fraction of sp³-hybridized carbons (Fsp3) is 0.500. The highest BCUT2D eigenvalue weighted by Crippen LogP contribution is 2.22. The lowest BCUT2D eigenvalue weighted by Gasteiger charge is -2.30. The van der Waals surface area contributed by atoms with Crippen molar-refractivity contribution in [1.29, 1.82) is 0 Å². The zero-order valence-electron chi connectivity index (χ0n) is 10.7. The summed E-state index contributed by atoms with van der Waals surface area (Å²) in [7, 11) is -4.09. The zero-order valence-corrected chi connectivity index (χ0v) is 11.5. The molecule has 1 N–H and O–H groups in total. The van der Waals surface area contributed by atoms with Crippen molar-refractivity contribution in [3.8, 4) is 0 Å². The lowest BCUT2D eigenvalue weighted by atomic mass is 10.3. The van der Waals surface area contributed by atoms with Gasteiger partial charge in [-0.1, -0.05) is 6.07 Å². The van der Waals surface area contributed by atoms with E-state index in [1.165, 1.54) is 4.90 Å². The van der Waals surface area contributed by atoms with Gasteiger partial charge in [-0.15, -0.1) is 0 Å². The second-order valence-corrected chi connectivity index (χ2v) is 6.43. The summed E-state index contributed by atoms with van der Waals surface area (Å²) < 4.78 is 52.9. The highest BCUT2D eigenvalue weighted by Gasteiger charge is 2.33. The quantitative estimate of drug-likeness (QED) is 0.843. The number of sulfonamides is 1. The van der Waals surface area contributed by atoms with Crippen molar-refractivity contribution in [1.82, 2.24) is 4.31 Å². The molecule has 1 aliphatic heterocycles. The molecule has 0 saturated carbocycles. The molecule has 106 valence electrons. The Morgan fingerprint density at radius 1 is 1.21 bits per heavy atom. The van der Waals surface area contributed by atoms with Crippen LogP contribution in [-0.2, 0) is 10.0 Å². The van der Waals surface area contributed by atoms with Gasteiger partial charge in [-0.25, -0.2) is 17.2 Å². The summed E-state index contributed by atoms with van der Waals surface area (Å²) in [4.78, 5) is 0.454. The molecule has 0 aliphatic carbocycles. The first-order valence-electron chi connectivity index (χ1n) is 6.24. The molecule has 2 rings (SSSR count). The van der Waals surface area contributed by atoms with Gasteiger partial charge in [-0.05, 0) is 19.1 Å². The number of piperazine rings is 1. The van der Waals surface area contributed by atoms with E-state index in [2.05, 4.69) is 0 Å². The first-order valence-corrected chi connectivity index (χ1v) is 7.68. The molecule has 1 heterocycles. The van der Waals surface area contributed by atoms with Gasteiger partial charge in [0, 0.05) is 0 Å². The highest BCUT2D eigenvalue weighted by molar-refractivity contribution is 7.89. The van der Waals surface area contributed by atoms with E-state index in [0.29, 0.717) is 26.2 Å². The lowest BCUT2D eigenvalue weighted by molar-refractivity contribution is -0.901. The summed E-state index contributed by atoms with van der Waals surface area (Å²) in [5.41, 5.74) is 0. The first kappa shape index (κ1) is 14.4. The van der Waals surface area contributed by atoms with Crippen LogP contribution in [0.25, 0.3) is 0 Å². The Bertz CT molecular complexity index is 535. The van der Waals surface area contributed by atoms with Crippen LogP contribution in [0.1, 0.15) is 6.92 Å². The molecule has 0 radical (unpaired) electrons. The maximum Gasteiger partial charge on any atom is 0.249 e. The van der Waals surface area contributed by atoms with E-state index in [-0.39, 0.29) is 0 Å². The molecule has 7 heteroatoms. The van der Waals surface area contributed by atoms with Crippen molar-refractivity contribution < 1.29 is 22.1 Å². The van der Waals surface area contributed by atoms with Crippen LogP contribution in [0.4, 0.5) is 8.78 Å². The molecule has 0 aromatic heterocycles. The molecule has 1 saturated heterocycles. The normalized spacial score (nSPS) is 18.7. The molecule has 4 nitrogen and oxygen atoms in total. The number of hydrogen-bond donors (Lipinski definition) is 1. The van der Waals surface area contributed by atoms with Crippen molar-refractivity contribution in [2.75, 3.05) is 32.7 Å². The van der Waals surface area contributed by atoms with E-state index in [1.807, 2.05) is 6.92 Å². The Kier molecular flexibility index (Phi) is 4.17. The molecule has 0 bridgehead atoms. The second kappa shape index (κ2) is 5.52. The number of rotatable bonds is 3. The number of halogens is 2. The third-order valence-electron chi connectivity index (χ3n) is 3.45. The Labute approximate surface area is 111 Å². The van der Waals surface area contributed by atoms with Gasteiger partial charge < -0.3 is 4.90 Å². The van der Waals surface area contributed by atoms with E-state index in [9.17, 15) is 17.2 Å². The number of hydrogen-bond acceptors (Lipinski definition) is 2. The molecule has 1 aromatic carbocycles. The van der Waals surface area contributed by atoms with E-state index in [1.54, 1.807) is 0 Å². The van der Waals surface area contributed by atoms with Crippen molar-refractivity contribution >= 4 is 10.0 Å².